The normalized spacial score (nSPS) is 11.1. The van der Waals surface area contributed by atoms with Gasteiger partial charge in [0.15, 0.2) is 0 Å². The Morgan fingerprint density at radius 3 is 1.86 bits per heavy atom. The molecule has 44 heavy (non-hydrogen) atoms. The highest BCUT2D eigenvalue weighted by Gasteiger charge is 2.18. The molecule has 0 amide bonds. The van der Waals surface area contributed by atoms with Crippen LogP contribution in [0.3, 0.4) is 0 Å². The number of para-hydroxylation sites is 1. The Labute approximate surface area is 252 Å². The summed E-state index contributed by atoms with van der Waals surface area (Å²) in [4.78, 5) is 0. The third-order valence-electron chi connectivity index (χ3n) is 8.24. The number of furan rings is 1. The van der Waals surface area contributed by atoms with Crippen LogP contribution in [-0.2, 0) is 0 Å². The van der Waals surface area contributed by atoms with E-state index in [1.165, 1.54) is 0 Å². The standard InChI is InChI=1S/C39H20N4O/c40-21-24-9-12-36-33(17-24)34-18-25(22-41)10-13-37(34)43(36)30-16-26(23-42)15-29(19-30)31-7-4-8-32-35-20-28(27-5-2-1-3-6-27)11-14-38(35)44-39(31)32/h1-20H. The monoisotopic (exact) mass is 560 g/mol. The average Bonchev–Trinajstić information content (AvgIpc) is 3.62. The van der Waals surface area contributed by atoms with Crippen LogP contribution in [-0.4, -0.2) is 4.57 Å². The summed E-state index contributed by atoms with van der Waals surface area (Å²) in [5.41, 5.74) is 9.70. The maximum atomic E-state index is 10.1. The van der Waals surface area contributed by atoms with Crippen molar-refractivity contribution in [3.8, 4) is 46.1 Å². The van der Waals surface area contributed by atoms with Gasteiger partial charge in [-0.3, -0.25) is 0 Å². The van der Waals surface area contributed by atoms with Crippen molar-refractivity contribution >= 4 is 43.7 Å². The highest BCUT2D eigenvalue weighted by atomic mass is 16.3. The fourth-order valence-corrected chi connectivity index (χ4v) is 6.24. The number of benzene rings is 6. The van der Waals surface area contributed by atoms with Crippen molar-refractivity contribution in [1.29, 1.82) is 15.8 Å². The van der Waals surface area contributed by atoms with Crippen molar-refractivity contribution in [2.24, 2.45) is 0 Å². The zero-order chi connectivity index (χ0) is 29.8. The summed E-state index contributed by atoms with van der Waals surface area (Å²) in [5, 5.41) is 33.0. The topological polar surface area (TPSA) is 89.4 Å². The van der Waals surface area contributed by atoms with Crippen molar-refractivity contribution < 1.29 is 4.42 Å². The number of nitriles is 3. The molecule has 202 valence electrons. The second-order valence-electron chi connectivity index (χ2n) is 10.8. The van der Waals surface area contributed by atoms with Crippen molar-refractivity contribution in [2.45, 2.75) is 0 Å². The third-order valence-corrected chi connectivity index (χ3v) is 8.24. The molecule has 0 fully saturated rings. The highest BCUT2D eigenvalue weighted by molar-refractivity contribution is 6.12. The molecule has 0 aliphatic heterocycles. The van der Waals surface area contributed by atoms with Gasteiger partial charge in [0, 0.05) is 32.8 Å². The van der Waals surface area contributed by atoms with E-state index >= 15 is 0 Å². The predicted molar refractivity (Wildman–Crippen MR) is 173 cm³/mol. The van der Waals surface area contributed by atoms with E-state index in [9.17, 15) is 15.8 Å². The minimum absolute atomic E-state index is 0.509. The second-order valence-corrected chi connectivity index (χ2v) is 10.8. The van der Waals surface area contributed by atoms with Gasteiger partial charge in [0.2, 0.25) is 0 Å². The quantitative estimate of drug-likeness (QED) is 0.215. The van der Waals surface area contributed by atoms with E-state index in [1.54, 1.807) is 12.1 Å². The van der Waals surface area contributed by atoms with Crippen molar-refractivity contribution in [3.05, 3.63) is 138 Å². The molecule has 6 aromatic carbocycles. The molecule has 0 saturated heterocycles. The first-order valence-electron chi connectivity index (χ1n) is 14.1. The van der Waals surface area contributed by atoms with E-state index in [0.717, 1.165) is 71.7 Å². The van der Waals surface area contributed by atoms with Crippen LogP contribution in [0.4, 0.5) is 0 Å². The van der Waals surface area contributed by atoms with Gasteiger partial charge in [0.25, 0.3) is 0 Å². The molecule has 0 aliphatic rings. The van der Waals surface area contributed by atoms with Gasteiger partial charge in [0.1, 0.15) is 11.2 Å². The summed E-state index contributed by atoms with van der Waals surface area (Å²) >= 11 is 0. The van der Waals surface area contributed by atoms with E-state index in [1.807, 2.05) is 72.8 Å². The molecule has 0 atom stereocenters. The lowest BCUT2D eigenvalue weighted by Gasteiger charge is -2.12. The van der Waals surface area contributed by atoms with Crippen LogP contribution in [0.2, 0.25) is 0 Å². The largest absolute Gasteiger partial charge is 0.455 e. The van der Waals surface area contributed by atoms with Crippen LogP contribution in [0.15, 0.2) is 126 Å². The first-order chi connectivity index (χ1) is 21.6. The first-order valence-corrected chi connectivity index (χ1v) is 14.1. The molecular formula is C39H20N4O. The Bertz CT molecular complexity index is 2510. The Hall–Kier alpha value is -6.61. The summed E-state index contributed by atoms with van der Waals surface area (Å²) in [7, 11) is 0. The molecule has 0 saturated carbocycles. The maximum absolute atomic E-state index is 10.1. The molecule has 5 nitrogen and oxygen atoms in total. The van der Waals surface area contributed by atoms with E-state index in [2.05, 4.69) is 59.2 Å². The maximum Gasteiger partial charge on any atom is 0.143 e. The summed E-state index contributed by atoms with van der Waals surface area (Å²) < 4.78 is 8.56. The lowest BCUT2D eigenvalue weighted by Crippen LogP contribution is -1.96. The molecule has 0 N–H and O–H groups in total. The van der Waals surface area contributed by atoms with Crippen molar-refractivity contribution in [1.82, 2.24) is 4.57 Å². The number of hydrogen-bond acceptors (Lipinski definition) is 4. The van der Waals surface area contributed by atoms with E-state index in [4.69, 9.17) is 4.42 Å². The zero-order valence-electron chi connectivity index (χ0n) is 23.2. The molecule has 0 unspecified atom stereocenters. The minimum atomic E-state index is 0.509. The number of aromatic nitrogens is 1. The number of hydrogen-bond donors (Lipinski definition) is 0. The lowest BCUT2D eigenvalue weighted by molar-refractivity contribution is 0.670. The molecular weight excluding hydrogens is 540 g/mol. The van der Waals surface area contributed by atoms with E-state index in [-0.39, 0.29) is 0 Å². The zero-order valence-corrected chi connectivity index (χ0v) is 23.2. The van der Waals surface area contributed by atoms with Gasteiger partial charge in [-0.2, -0.15) is 15.8 Å². The molecule has 2 heterocycles. The number of fused-ring (bicyclic) bond motifs is 6. The fourth-order valence-electron chi connectivity index (χ4n) is 6.24. The molecule has 0 bridgehead atoms. The number of rotatable bonds is 3. The molecule has 8 rings (SSSR count). The van der Waals surface area contributed by atoms with Gasteiger partial charge in [0.05, 0.1) is 45.9 Å². The summed E-state index contributed by atoms with van der Waals surface area (Å²) in [6.45, 7) is 0. The van der Waals surface area contributed by atoms with E-state index < -0.39 is 0 Å². The molecule has 5 heteroatoms. The lowest BCUT2D eigenvalue weighted by atomic mass is 9.98. The van der Waals surface area contributed by atoms with Crippen LogP contribution in [0, 0.1) is 34.0 Å². The Balaban J connectivity index is 1.37. The number of nitrogens with zero attached hydrogens (tertiary/aromatic N) is 4. The van der Waals surface area contributed by atoms with Crippen LogP contribution in [0.5, 0.6) is 0 Å². The first kappa shape index (κ1) is 25.1. The molecule has 0 radical (unpaired) electrons. The summed E-state index contributed by atoms with van der Waals surface area (Å²) in [6, 6.07) is 46.4. The minimum Gasteiger partial charge on any atom is -0.455 e. The SMILES string of the molecule is N#Cc1cc(-c2cccc3c2oc2ccc(-c4ccccc4)cc23)cc(-n2c3ccc(C#N)cc3c3cc(C#N)ccc32)c1. The Morgan fingerprint density at radius 2 is 1.18 bits per heavy atom. The average molecular weight is 561 g/mol. The molecule has 0 aliphatic carbocycles. The van der Waals surface area contributed by atoms with Gasteiger partial charge < -0.3 is 8.98 Å². The Kier molecular flexibility index (Phi) is 5.56. The highest BCUT2D eigenvalue weighted by Crippen LogP contribution is 2.40. The smallest absolute Gasteiger partial charge is 0.143 e. The van der Waals surface area contributed by atoms with Gasteiger partial charge in [-0.05, 0) is 83.4 Å². The van der Waals surface area contributed by atoms with Gasteiger partial charge in [-0.1, -0.05) is 54.6 Å². The predicted octanol–water partition coefficient (Wildman–Crippen LogP) is 9.63. The van der Waals surface area contributed by atoms with Crippen LogP contribution in [0.25, 0.3) is 71.7 Å². The molecule has 8 aromatic rings. The van der Waals surface area contributed by atoms with Crippen LogP contribution < -0.4 is 0 Å². The third kappa shape index (κ3) is 3.84. The van der Waals surface area contributed by atoms with E-state index in [0.29, 0.717) is 16.7 Å². The van der Waals surface area contributed by atoms with Gasteiger partial charge >= 0.3 is 0 Å². The molecule has 2 aromatic heterocycles. The second kappa shape index (κ2) is 9.74. The Morgan fingerprint density at radius 1 is 0.477 bits per heavy atom. The van der Waals surface area contributed by atoms with Crippen LogP contribution >= 0.6 is 0 Å². The summed E-state index contributed by atoms with van der Waals surface area (Å²) in [5.74, 6) is 0. The van der Waals surface area contributed by atoms with Crippen LogP contribution in [0.1, 0.15) is 16.7 Å². The fraction of sp³-hybridized carbons (Fsp3) is 0. The molecule has 0 spiro atoms. The van der Waals surface area contributed by atoms with Gasteiger partial charge in [-0.15, -0.1) is 0 Å². The summed E-state index contributed by atoms with van der Waals surface area (Å²) in [6.07, 6.45) is 0. The van der Waals surface area contributed by atoms with Crippen molar-refractivity contribution in [3.63, 3.8) is 0 Å². The van der Waals surface area contributed by atoms with Crippen molar-refractivity contribution in [2.75, 3.05) is 0 Å². The van der Waals surface area contributed by atoms with Gasteiger partial charge in [-0.25, -0.2) is 0 Å².